The zero-order chi connectivity index (χ0) is 25.7. The molecule has 5 nitrogen and oxygen atoms in total. The zero-order valence-electron chi connectivity index (χ0n) is 20.4. The molecule has 0 N–H and O–H groups in total. The largest absolute Gasteiger partial charge is 0.451 e. The van der Waals surface area contributed by atoms with E-state index in [1.165, 1.54) is 6.92 Å². The van der Waals surface area contributed by atoms with Crippen LogP contribution in [0.4, 0.5) is 0 Å². The van der Waals surface area contributed by atoms with Crippen LogP contribution in [0.25, 0.3) is 0 Å². The highest BCUT2D eigenvalue weighted by Crippen LogP contribution is 2.41. The van der Waals surface area contributed by atoms with E-state index in [0.29, 0.717) is 11.3 Å². The molecular formula is C32H25N3O2. The summed E-state index contributed by atoms with van der Waals surface area (Å²) >= 11 is 0. The van der Waals surface area contributed by atoms with Crippen molar-refractivity contribution in [2.24, 2.45) is 0 Å². The van der Waals surface area contributed by atoms with Crippen molar-refractivity contribution in [3.8, 4) is 6.07 Å². The number of nitriles is 1. The number of esters is 1. The Bertz CT molecular complexity index is 1420. The van der Waals surface area contributed by atoms with Gasteiger partial charge in [-0.05, 0) is 34.4 Å². The first-order valence-corrected chi connectivity index (χ1v) is 12.0. The topological polar surface area (TPSA) is 67.9 Å². The summed E-state index contributed by atoms with van der Waals surface area (Å²) < 4.78 is 7.83. The van der Waals surface area contributed by atoms with E-state index in [1.54, 1.807) is 30.6 Å². The van der Waals surface area contributed by atoms with Gasteiger partial charge in [0.1, 0.15) is 11.2 Å². The van der Waals surface area contributed by atoms with Crippen molar-refractivity contribution in [2.45, 2.75) is 18.6 Å². The molecule has 0 aliphatic rings. The fraction of sp³-hybridized carbons (Fsp3) is 0.0938. The van der Waals surface area contributed by atoms with Crippen LogP contribution in [0, 0.1) is 11.3 Å². The van der Waals surface area contributed by atoms with E-state index in [2.05, 4.69) is 47.0 Å². The number of benzene rings is 4. The fourth-order valence-corrected chi connectivity index (χ4v) is 4.84. The van der Waals surface area contributed by atoms with Crippen LogP contribution >= 0.6 is 0 Å². The summed E-state index contributed by atoms with van der Waals surface area (Å²) in [6.07, 6.45) is 3.02. The number of nitrogens with zero attached hydrogens (tertiary/aromatic N) is 3. The minimum absolute atomic E-state index is 0.413. The van der Waals surface area contributed by atoms with Crippen molar-refractivity contribution in [3.63, 3.8) is 0 Å². The van der Waals surface area contributed by atoms with Crippen molar-refractivity contribution in [1.82, 2.24) is 9.55 Å². The molecule has 1 atom stereocenters. The van der Waals surface area contributed by atoms with Crippen molar-refractivity contribution in [2.75, 3.05) is 0 Å². The predicted molar refractivity (Wildman–Crippen MR) is 142 cm³/mol. The number of hydrogen-bond acceptors (Lipinski definition) is 4. The van der Waals surface area contributed by atoms with Crippen molar-refractivity contribution >= 4 is 5.97 Å². The number of ether oxygens (including phenoxy) is 1. The van der Waals surface area contributed by atoms with Crippen LogP contribution in [0.1, 0.15) is 46.5 Å². The van der Waals surface area contributed by atoms with Crippen LogP contribution in [-0.4, -0.2) is 15.5 Å². The number of carbonyl (C=O) groups is 1. The van der Waals surface area contributed by atoms with Crippen LogP contribution in [-0.2, 0) is 15.1 Å². The molecule has 5 heteroatoms. The molecule has 0 saturated heterocycles. The Kier molecular flexibility index (Phi) is 6.65. The molecule has 0 aliphatic carbocycles. The molecule has 1 aromatic heterocycles. The number of rotatable bonds is 7. The van der Waals surface area contributed by atoms with Crippen molar-refractivity contribution in [1.29, 1.82) is 5.26 Å². The van der Waals surface area contributed by atoms with Crippen LogP contribution in [0.15, 0.2) is 128 Å². The first kappa shape index (κ1) is 23.8. The summed E-state index contributed by atoms with van der Waals surface area (Å²) in [6.45, 7) is 1.38. The van der Waals surface area contributed by atoms with Gasteiger partial charge in [-0.2, -0.15) is 5.26 Å². The second-order valence-electron chi connectivity index (χ2n) is 8.74. The number of aromatic nitrogens is 2. The monoisotopic (exact) mass is 483 g/mol. The first-order valence-electron chi connectivity index (χ1n) is 12.0. The normalized spacial score (nSPS) is 11.9. The zero-order valence-corrected chi connectivity index (χ0v) is 20.4. The summed E-state index contributed by atoms with van der Waals surface area (Å²) in [4.78, 5) is 16.8. The molecule has 0 amide bonds. The molecule has 0 saturated carbocycles. The molecule has 0 spiro atoms. The molecule has 37 heavy (non-hydrogen) atoms. The summed E-state index contributed by atoms with van der Waals surface area (Å²) in [5.74, 6) is -0.413. The highest BCUT2D eigenvalue weighted by atomic mass is 16.5. The maximum absolute atomic E-state index is 12.1. The quantitative estimate of drug-likeness (QED) is 0.203. The number of imidazole rings is 1. The van der Waals surface area contributed by atoms with E-state index in [1.807, 2.05) is 60.8 Å². The Morgan fingerprint density at radius 2 is 1.30 bits per heavy atom. The van der Waals surface area contributed by atoms with E-state index >= 15 is 0 Å². The lowest BCUT2D eigenvalue weighted by Gasteiger charge is -2.37. The molecule has 5 aromatic rings. The Labute approximate surface area is 216 Å². The Balaban J connectivity index is 1.73. The Hall–Kier alpha value is -4.95. The minimum Gasteiger partial charge on any atom is -0.451 e. The maximum atomic E-state index is 12.1. The third-order valence-corrected chi connectivity index (χ3v) is 6.46. The first-order chi connectivity index (χ1) is 18.1. The maximum Gasteiger partial charge on any atom is 0.303 e. The number of hydrogen-bond donors (Lipinski definition) is 0. The standard InChI is InChI=1S/C32H25N3O2/c1-24(36)37-31(26-19-17-25(21-33)18-20-26)30-22-35(23-34-30)32(27-11-5-2-6-12-27,28-13-7-3-8-14-28)29-15-9-4-10-16-29/h2-20,22-23,31H,1H3. The predicted octanol–water partition coefficient (Wildman–Crippen LogP) is 6.25. The molecule has 0 aliphatic heterocycles. The van der Waals surface area contributed by atoms with Gasteiger partial charge in [0.15, 0.2) is 6.10 Å². The molecular weight excluding hydrogens is 458 g/mol. The summed E-state index contributed by atoms with van der Waals surface area (Å²) in [5, 5.41) is 9.20. The Morgan fingerprint density at radius 1 is 0.811 bits per heavy atom. The second kappa shape index (κ2) is 10.3. The van der Waals surface area contributed by atoms with Gasteiger partial charge in [-0.15, -0.1) is 0 Å². The van der Waals surface area contributed by atoms with Gasteiger partial charge in [0.05, 0.1) is 18.0 Å². The van der Waals surface area contributed by atoms with Crippen LogP contribution < -0.4 is 0 Å². The molecule has 0 radical (unpaired) electrons. The fourth-order valence-electron chi connectivity index (χ4n) is 4.84. The third-order valence-electron chi connectivity index (χ3n) is 6.46. The number of carbonyl (C=O) groups excluding carboxylic acids is 1. The van der Waals surface area contributed by atoms with Gasteiger partial charge in [-0.3, -0.25) is 4.79 Å². The van der Waals surface area contributed by atoms with E-state index in [9.17, 15) is 10.1 Å². The molecule has 5 rings (SSSR count). The van der Waals surface area contributed by atoms with E-state index in [4.69, 9.17) is 9.72 Å². The minimum atomic E-state index is -0.722. The average molecular weight is 484 g/mol. The smallest absolute Gasteiger partial charge is 0.303 e. The molecule has 1 heterocycles. The van der Waals surface area contributed by atoms with Crippen LogP contribution in [0.5, 0.6) is 0 Å². The molecule has 1 unspecified atom stereocenters. The van der Waals surface area contributed by atoms with E-state index in [-0.39, 0.29) is 0 Å². The SMILES string of the molecule is CC(=O)OC(c1ccc(C#N)cc1)c1cn(C(c2ccccc2)(c2ccccc2)c2ccccc2)cn1. The van der Waals surface area contributed by atoms with Crippen molar-refractivity contribution in [3.05, 3.63) is 161 Å². The van der Waals surface area contributed by atoms with Gasteiger partial charge in [-0.25, -0.2) is 4.98 Å². The third kappa shape index (κ3) is 4.53. The molecule has 0 fully saturated rings. The average Bonchev–Trinajstić information content (AvgIpc) is 3.44. The van der Waals surface area contributed by atoms with Gasteiger partial charge in [0, 0.05) is 13.1 Å². The summed E-state index contributed by atoms with van der Waals surface area (Å²) in [6, 6.07) is 40.1. The molecule has 4 aromatic carbocycles. The lowest BCUT2D eigenvalue weighted by Crippen LogP contribution is -2.37. The summed E-state index contributed by atoms with van der Waals surface area (Å²) in [5.41, 5.74) is 4.35. The van der Waals surface area contributed by atoms with Crippen LogP contribution in [0.3, 0.4) is 0 Å². The van der Waals surface area contributed by atoms with Gasteiger partial charge in [0.2, 0.25) is 0 Å². The Morgan fingerprint density at radius 3 is 1.73 bits per heavy atom. The van der Waals surface area contributed by atoms with Gasteiger partial charge in [0.25, 0.3) is 0 Å². The van der Waals surface area contributed by atoms with E-state index in [0.717, 1.165) is 22.3 Å². The van der Waals surface area contributed by atoms with Gasteiger partial charge < -0.3 is 9.30 Å². The van der Waals surface area contributed by atoms with Gasteiger partial charge >= 0.3 is 5.97 Å². The molecule has 180 valence electrons. The summed E-state index contributed by atoms with van der Waals surface area (Å²) in [7, 11) is 0. The lowest BCUT2D eigenvalue weighted by molar-refractivity contribution is -0.144. The lowest BCUT2D eigenvalue weighted by atomic mass is 9.77. The van der Waals surface area contributed by atoms with Crippen LogP contribution in [0.2, 0.25) is 0 Å². The van der Waals surface area contributed by atoms with E-state index < -0.39 is 17.6 Å². The highest BCUT2D eigenvalue weighted by molar-refractivity contribution is 5.66. The van der Waals surface area contributed by atoms with Gasteiger partial charge in [-0.1, -0.05) is 103 Å². The van der Waals surface area contributed by atoms with Crippen molar-refractivity contribution < 1.29 is 9.53 Å². The second-order valence-corrected chi connectivity index (χ2v) is 8.74. The molecule has 0 bridgehead atoms. The highest BCUT2D eigenvalue weighted by Gasteiger charge is 2.39.